The summed E-state index contributed by atoms with van der Waals surface area (Å²) in [6, 6.07) is 3.47. The number of aromatic nitrogens is 1. The van der Waals surface area contributed by atoms with Gasteiger partial charge in [0.1, 0.15) is 0 Å². The van der Waals surface area contributed by atoms with Crippen LogP contribution in [0.15, 0.2) is 18.3 Å². The Morgan fingerprint density at radius 2 is 2.16 bits per heavy atom. The molecule has 2 aromatic rings. The highest BCUT2D eigenvalue weighted by Gasteiger charge is 2.25. The van der Waals surface area contributed by atoms with Crippen molar-refractivity contribution < 1.29 is 4.79 Å². The van der Waals surface area contributed by atoms with Crippen molar-refractivity contribution in [3.63, 3.8) is 0 Å². The highest BCUT2D eigenvalue weighted by atomic mass is 35.5. The van der Waals surface area contributed by atoms with E-state index >= 15 is 0 Å². The van der Waals surface area contributed by atoms with Crippen molar-refractivity contribution in [1.29, 1.82) is 0 Å². The molecule has 1 aromatic heterocycles. The number of ketones is 1. The zero-order chi connectivity index (χ0) is 13.4. The van der Waals surface area contributed by atoms with Crippen molar-refractivity contribution in [2.75, 3.05) is 13.1 Å². The number of rotatable bonds is 2. The minimum atomic E-state index is 0.0412. The third-order valence-corrected chi connectivity index (χ3v) is 4.15. The summed E-state index contributed by atoms with van der Waals surface area (Å²) < 4.78 is 0. The monoisotopic (exact) mass is 296 g/mol. The molecular weight excluding hydrogens is 283 g/mol. The van der Waals surface area contributed by atoms with Crippen LogP contribution in [0.2, 0.25) is 10.0 Å². The Morgan fingerprint density at radius 3 is 2.89 bits per heavy atom. The maximum Gasteiger partial charge on any atom is 0.169 e. The van der Waals surface area contributed by atoms with Crippen molar-refractivity contribution in [2.24, 2.45) is 5.92 Å². The van der Waals surface area contributed by atoms with Gasteiger partial charge in [0, 0.05) is 40.1 Å². The van der Waals surface area contributed by atoms with Crippen LogP contribution in [0.5, 0.6) is 0 Å². The maximum absolute atomic E-state index is 12.6. The second kappa shape index (κ2) is 5.16. The number of hydrogen-bond acceptors (Lipinski definition) is 2. The molecule has 1 unspecified atom stereocenters. The van der Waals surface area contributed by atoms with Gasteiger partial charge in [-0.15, -0.1) is 0 Å². The SMILES string of the molecule is O=C(c1c[nH]c2cc(Cl)cc(Cl)c12)C1CCCNC1. The molecule has 5 heteroatoms. The Hall–Kier alpha value is -1.03. The first-order chi connectivity index (χ1) is 9.16. The number of carbonyl (C=O) groups excluding carboxylic acids is 1. The van der Waals surface area contributed by atoms with Crippen molar-refractivity contribution in [1.82, 2.24) is 10.3 Å². The second-order valence-corrected chi connectivity index (χ2v) is 5.76. The number of carbonyl (C=O) groups is 1. The minimum Gasteiger partial charge on any atom is -0.360 e. The van der Waals surface area contributed by atoms with Gasteiger partial charge in [-0.05, 0) is 31.5 Å². The quantitative estimate of drug-likeness (QED) is 0.831. The fourth-order valence-electron chi connectivity index (χ4n) is 2.67. The normalized spacial score (nSPS) is 19.8. The summed E-state index contributed by atoms with van der Waals surface area (Å²) in [4.78, 5) is 15.6. The van der Waals surface area contributed by atoms with Crippen LogP contribution in [0, 0.1) is 5.92 Å². The highest BCUT2D eigenvalue weighted by molar-refractivity contribution is 6.39. The standard InChI is InChI=1S/C14H14Cl2N2O/c15-9-4-11(16)13-10(7-18-12(13)5-9)14(19)8-2-1-3-17-6-8/h4-5,7-8,17-18H,1-3,6H2. The van der Waals surface area contributed by atoms with E-state index in [1.807, 2.05) is 0 Å². The summed E-state index contributed by atoms with van der Waals surface area (Å²) in [5.74, 6) is 0.196. The number of hydrogen-bond donors (Lipinski definition) is 2. The fraction of sp³-hybridized carbons (Fsp3) is 0.357. The van der Waals surface area contributed by atoms with Gasteiger partial charge in [0.2, 0.25) is 0 Å². The van der Waals surface area contributed by atoms with Crippen LogP contribution >= 0.6 is 23.2 Å². The lowest BCUT2D eigenvalue weighted by molar-refractivity contribution is 0.0901. The summed E-state index contributed by atoms with van der Waals surface area (Å²) in [5.41, 5.74) is 1.48. The molecule has 2 heterocycles. The van der Waals surface area contributed by atoms with Gasteiger partial charge >= 0.3 is 0 Å². The number of aromatic amines is 1. The summed E-state index contributed by atoms with van der Waals surface area (Å²) in [6.45, 7) is 1.74. The van der Waals surface area contributed by atoms with Gasteiger partial charge in [-0.1, -0.05) is 23.2 Å². The molecule has 3 nitrogen and oxygen atoms in total. The van der Waals surface area contributed by atoms with Gasteiger partial charge < -0.3 is 10.3 Å². The third kappa shape index (κ3) is 2.38. The van der Waals surface area contributed by atoms with Crippen LogP contribution in [0.4, 0.5) is 0 Å². The Labute approximate surface area is 121 Å². The van der Waals surface area contributed by atoms with Crippen LogP contribution in [-0.2, 0) is 0 Å². The van der Waals surface area contributed by atoms with Gasteiger partial charge in [-0.25, -0.2) is 0 Å². The van der Waals surface area contributed by atoms with E-state index in [0.717, 1.165) is 36.8 Å². The number of halogens is 2. The zero-order valence-electron chi connectivity index (χ0n) is 10.3. The number of nitrogens with one attached hydrogen (secondary N) is 2. The van der Waals surface area contributed by atoms with Gasteiger partial charge in [0.05, 0.1) is 5.02 Å². The van der Waals surface area contributed by atoms with E-state index in [2.05, 4.69) is 10.3 Å². The Bertz CT molecular complexity index is 630. The topological polar surface area (TPSA) is 44.9 Å². The van der Waals surface area contributed by atoms with Gasteiger partial charge in [0.25, 0.3) is 0 Å². The van der Waals surface area contributed by atoms with Crippen LogP contribution in [0.25, 0.3) is 10.9 Å². The molecule has 0 amide bonds. The molecule has 0 saturated carbocycles. The first-order valence-electron chi connectivity index (χ1n) is 6.38. The molecule has 0 bridgehead atoms. The van der Waals surface area contributed by atoms with E-state index in [0.29, 0.717) is 15.6 Å². The van der Waals surface area contributed by atoms with Crippen LogP contribution in [0.3, 0.4) is 0 Å². The summed E-state index contributed by atoms with van der Waals surface area (Å²) >= 11 is 12.2. The number of benzene rings is 1. The molecule has 1 aromatic carbocycles. The zero-order valence-corrected chi connectivity index (χ0v) is 11.8. The lowest BCUT2D eigenvalue weighted by Crippen LogP contribution is -2.34. The van der Waals surface area contributed by atoms with Crippen molar-refractivity contribution in [3.05, 3.63) is 33.9 Å². The van der Waals surface area contributed by atoms with Crippen LogP contribution in [-0.4, -0.2) is 23.9 Å². The summed E-state index contributed by atoms with van der Waals surface area (Å²) in [5, 5.41) is 5.13. The molecule has 1 saturated heterocycles. The molecule has 1 fully saturated rings. The Kier molecular flexibility index (Phi) is 3.52. The number of piperidine rings is 1. The summed E-state index contributed by atoms with van der Waals surface area (Å²) in [7, 11) is 0. The fourth-order valence-corrected chi connectivity index (χ4v) is 3.27. The molecule has 0 aliphatic carbocycles. The molecule has 1 aliphatic heterocycles. The Morgan fingerprint density at radius 1 is 1.32 bits per heavy atom. The van der Waals surface area contributed by atoms with Crippen LogP contribution < -0.4 is 5.32 Å². The third-order valence-electron chi connectivity index (χ3n) is 3.63. The minimum absolute atomic E-state index is 0.0412. The molecule has 19 heavy (non-hydrogen) atoms. The molecule has 2 N–H and O–H groups in total. The van der Waals surface area contributed by atoms with E-state index in [9.17, 15) is 4.79 Å². The average molecular weight is 297 g/mol. The smallest absolute Gasteiger partial charge is 0.169 e. The van der Waals surface area contributed by atoms with E-state index < -0.39 is 0 Å². The van der Waals surface area contributed by atoms with Crippen LogP contribution in [0.1, 0.15) is 23.2 Å². The van der Waals surface area contributed by atoms with Gasteiger partial charge in [-0.3, -0.25) is 4.79 Å². The largest absolute Gasteiger partial charge is 0.360 e. The predicted octanol–water partition coefficient (Wildman–Crippen LogP) is 3.66. The Balaban J connectivity index is 2.03. The van der Waals surface area contributed by atoms with E-state index in [4.69, 9.17) is 23.2 Å². The second-order valence-electron chi connectivity index (χ2n) is 4.92. The molecule has 1 aliphatic rings. The number of Topliss-reactive ketones (excluding diaryl/α,β-unsaturated/α-hetero) is 1. The lowest BCUT2D eigenvalue weighted by atomic mass is 9.91. The van der Waals surface area contributed by atoms with Gasteiger partial charge in [-0.2, -0.15) is 0 Å². The maximum atomic E-state index is 12.6. The van der Waals surface area contributed by atoms with Crippen molar-refractivity contribution in [2.45, 2.75) is 12.8 Å². The lowest BCUT2D eigenvalue weighted by Gasteiger charge is -2.21. The first kappa shape index (κ1) is 13.0. The highest BCUT2D eigenvalue weighted by Crippen LogP contribution is 2.32. The molecule has 3 rings (SSSR count). The van der Waals surface area contributed by atoms with E-state index in [1.165, 1.54) is 0 Å². The molecule has 0 spiro atoms. The van der Waals surface area contributed by atoms with E-state index in [-0.39, 0.29) is 11.7 Å². The summed E-state index contributed by atoms with van der Waals surface area (Å²) in [6.07, 6.45) is 3.71. The molecule has 0 radical (unpaired) electrons. The molecular formula is C14H14Cl2N2O. The predicted molar refractivity (Wildman–Crippen MR) is 78.2 cm³/mol. The van der Waals surface area contributed by atoms with Crippen molar-refractivity contribution in [3.8, 4) is 0 Å². The molecule has 100 valence electrons. The van der Waals surface area contributed by atoms with E-state index in [1.54, 1.807) is 18.3 Å². The molecule has 1 atom stereocenters. The van der Waals surface area contributed by atoms with Gasteiger partial charge in [0.15, 0.2) is 5.78 Å². The average Bonchev–Trinajstić information content (AvgIpc) is 2.83. The number of fused-ring (bicyclic) bond motifs is 1. The first-order valence-corrected chi connectivity index (χ1v) is 7.13. The number of H-pyrrole nitrogens is 1. The van der Waals surface area contributed by atoms with Crippen molar-refractivity contribution >= 4 is 39.9 Å².